The maximum absolute atomic E-state index is 9.72. The summed E-state index contributed by atoms with van der Waals surface area (Å²) in [4.78, 5) is 0. The second-order valence-corrected chi connectivity index (χ2v) is 6.27. The van der Waals surface area contributed by atoms with Crippen molar-refractivity contribution in [2.75, 3.05) is 26.4 Å². The van der Waals surface area contributed by atoms with Gasteiger partial charge in [0.15, 0.2) is 0 Å². The van der Waals surface area contributed by atoms with Gasteiger partial charge < -0.3 is 19.9 Å². The van der Waals surface area contributed by atoms with E-state index in [1.54, 1.807) is 0 Å². The normalized spacial score (nSPS) is 34.2. The average Bonchev–Trinajstić information content (AvgIpc) is 2.38. The van der Waals surface area contributed by atoms with Crippen molar-refractivity contribution in [1.82, 2.24) is 5.32 Å². The third-order valence-electron chi connectivity index (χ3n) is 5.02. The molecule has 0 bridgehead atoms. The number of aliphatic hydroxyl groups is 1. The second kappa shape index (κ2) is 5.08. The van der Waals surface area contributed by atoms with Gasteiger partial charge >= 0.3 is 0 Å². The van der Waals surface area contributed by atoms with Crippen molar-refractivity contribution >= 4 is 0 Å². The Hall–Kier alpha value is -0.160. The fraction of sp³-hybridized carbons (Fsp3) is 1.00. The van der Waals surface area contributed by atoms with E-state index in [-0.39, 0.29) is 17.7 Å². The molecule has 2 N–H and O–H groups in total. The molecule has 3 rings (SSSR count). The molecule has 3 fully saturated rings. The molecular formula is C14H25NO3. The zero-order chi connectivity index (χ0) is 12.5. The lowest BCUT2D eigenvalue weighted by Crippen LogP contribution is -2.60. The van der Waals surface area contributed by atoms with Crippen LogP contribution in [0.25, 0.3) is 0 Å². The highest BCUT2D eigenvalue weighted by molar-refractivity contribution is 4.99. The molecule has 2 saturated heterocycles. The molecule has 0 radical (unpaired) electrons. The Morgan fingerprint density at radius 1 is 1.11 bits per heavy atom. The second-order valence-electron chi connectivity index (χ2n) is 6.27. The third-order valence-corrected chi connectivity index (χ3v) is 5.02. The SMILES string of the molecule is OCC1(NC2CCOC3(CCC3)C2)CCOCC1. The molecule has 0 aromatic rings. The van der Waals surface area contributed by atoms with Crippen LogP contribution in [0, 0.1) is 0 Å². The van der Waals surface area contributed by atoms with Crippen molar-refractivity contribution in [2.24, 2.45) is 0 Å². The summed E-state index contributed by atoms with van der Waals surface area (Å²) >= 11 is 0. The lowest BCUT2D eigenvalue weighted by atomic mass is 9.73. The maximum Gasteiger partial charge on any atom is 0.0697 e. The van der Waals surface area contributed by atoms with E-state index in [9.17, 15) is 5.11 Å². The first kappa shape index (κ1) is 12.9. The van der Waals surface area contributed by atoms with Crippen LogP contribution in [0.1, 0.15) is 44.9 Å². The molecule has 104 valence electrons. The molecular weight excluding hydrogens is 230 g/mol. The summed E-state index contributed by atoms with van der Waals surface area (Å²) in [5.41, 5.74) is 0.0723. The summed E-state index contributed by atoms with van der Waals surface area (Å²) in [6, 6.07) is 0.504. The molecule has 1 unspecified atom stereocenters. The van der Waals surface area contributed by atoms with Gasteiger partial charge in [-0.15, -0.1) is 0 Å². The molecule has 2 heterocycles. The van der Waals surface area contributed by atoms with Gasteiger partial charge in [0.25, 0.3) is 0 Å². The van der Waals surface area contributed by atoms with Crippen molar-refractivity contribution < 1.29 is 14.6 Å². The summed E-state index contributed by atoms with van der Waals surface area (Å²) in [5.74, 6) is 0. The molecule has 0 aromatic carbocycles. The number of nitrogens with one attached hydrogen (secondary N) is 1. The van der Waals surface area contributed by atoms with E-state index >= 15 is 0 Å². The first-order valence-corrected chi connectivity index (χ1v) is 7.36. The standard InChI is InChI=1S/C14H25NO3/c16-11-13(5-8-17-9-6-13)15-12-2-7-18-14(10-12)3-1-4-14/h12,15-16H,1-11H2. The first-order chi connectivity index (χ1) is 8.76. The molecule has 3 aliphatic rings. The highest BCUT2D eigenvalue weighted by atomic mass is 16.5. The summed E-state index contributed by atoms with van der Waals surface area (Å²) in [6.45, 7) is 2.63. The minimum absolute atomic E-state index is 0.106. The van der Waals surface area contributed by atoms with Crippen LogP contribution in [0.3, 0.4) is 0 Å². The van der Waals surface area contributed by atoms with Crippen LogP contribution in [0.15, 0.2) is 0 Å². The van der Waals surface area contributed by atoms with Gasteiger partial charge in [-0.2, -0.15) is 0 Å². The van der Waals surface area contributed by atoms with Crippen LogP contribution in [0.5, 0.6) is 0 Å². The van der Waals surface area contributed by atoms with Gasteiger partial charge in [0.1, 0.15) is 0 Å². The Morgan fingerprint density at radius 3 is 2.50 bits per heavy atom. The van der Waals surface area contributed by atoms with Crippen LogP contribution in [-0.4, -0.2) is 48.7 Å². The Bertz CT molecular complexity index is 285. The van der Waals surface area contributed by atoms with E-state index < -0.39 is 0 Å². The predicted octanol–water partition coefficient (Wildman–Crippen LogP) is 1.22. The van der Waals surface area contributed by atoms with E-state index in [4.69, 9.17) is 9.47 Å². The summed E-state index contributed by atoms with van der Waals surface area (Å²) in [6.07, 6.45) is 7.80. The van der Waals surface area contributed by atoms with Gasteiger partial charge in [0.2, 0.25) is 0 Å². The smallest absolute Gasteiger partial charge is 0.0697 e. The van der Waals surface area contributed by atoms with Crippen molar-refractivity contribution in [3.05, 3.63) is 0 Å². The molecule has 4 heteroatoms. The van der Waals surface area contributed by atoms with Gasteiger partial charge in [0, 0.05) is 31.4 Å². The Morgan fingerprint density at radius 2 is 1.89 bits per heavy atom. The number of ether oxygens (including phenoxy) is 2. The lowest BCUT2D eigenvalue weighted by Gasteiger charge is -2.49. The fourth-order valence-corrected chi connectivity index (χ4v) is 3.61. The van der Waals surface area contributed by atoms with Crippen molar-refractivity contribution in [3.63, 3.8) is 0 Å². The van der Waals surface area contributed by atoms with E-state index in [0.717, 1.165) is 45.5 Å². The third kappa shape index (κ3) is 2.44. The number of hydrogen-bond acceptors (Lipinski definition) is 4. The summed E-state index contributed by atoms with van der Waals surface area (Å²) < 4.78 is 11.4. The first-order valence-electron chi connectivity index (χ1n) is 7.36. The maximum atomic E-state index is 9.72. The van der Waals surface area contributed by atoms with Crippen LogP contribution in [0.2, 0.25) is 0 Å². The Labute approximate surface area is 109 Å². The molecule has 1 aliphatic carbocycles. The van der Waals surface area contributed by atoms with Crippen LogP contribution in [-0.2, 0) is 9.47 Å². The van der Waals surface area contributed by atoms with Gasteiger partial charge in [-0.05, 0) is 44.9 Å². The fourth-order valence-electron chi connectivity index (χ4n) is 3.61. The average molecular weight is 255 g/mol. The van der Waals surface area contributed by atoms with Gasteiger partial charge in [0.05, 0.1) is 12.2 Å². The van der Waals surface area contributed by atoms with Crippen molar-refractivity contribution in [2.45, 2.75) is 62.1 Å². The van der Waals surface area contributed by atoms with E-state index in [1.807, 2.05) is 0 Å². The molecule has 1 saturated carbocycles. The largest absolute Gasteiger partial charge is 0.394 e. The van der Waals surface area contributed by atoms with E-state index in [2.05, 4.69) is 5.32 Å². The Balaban J connectivity index is 1.60. The monoisotopic (exact) mass is 255 g/mol. The van der Waals surface area contributed by atoms with Crippen molar-refractivity contribution in [3.8, 4) is 0 Å². The minimum atomic E-state index is -0.106. The van der Waals surface area contributed by atoms with Crippen LogP contribution in [0.4, 0.5) is 0 Å². The van der Waals surface area contributed by atoms with Crippen LogP contribution >= 0.6 is 0 Å². The predicted molar refractivity (Wildman–Crippen MR) is 68.6 cm³/mol. The number of hydrogen-bond donors (Lipinski definition) is 2. The Kier molecular flexibility index (Phi) is 3.63. The van der Waals surface area contributed by atoms with Gasteiger partial charge in [-0.25, -0.2) is 0 Å². The summed E-state index contributed by atoms with van der Waals surface area (Å²) in [7, 11) is 0. The molecule has 1 spiro atoms. The highest BCUT2D eigenvalue weighted by Crippen LogP contribution is 2.42. The highest BCUT2D eigenvalue weighted by Gasteiger charge is 2.44. The molecule has 2 aliphatic heterocycles. The van der Waals surface area contributed by atoms with E-state index in [0.29, 0.717) is 6.04 Å². The molecule has 1 atom stereocenters. The minimum Gasteiger partial charge on any atom is -0.394 e. The molecule has 0 aromatic heterocycles. The summed E-state index contributed by atoms with van der Waals surface area (Å²) in [5, 5.41) is 13.5. The van der Waals surface area contributed by atoms with Gasteiger partial charge in [-0.1, -0.05) is 0 Å². The van der Waals surface area contributed by atoms with E-state index in [1.165, 1.54) is 19.3 Å². The molecule has 18 heavy (non-hydrogen) atoms. The molecule has 4 nitrogen and oxygen atoms in total. The number of aliphatic hydroxyl groups excluding tert-OH is 1. The zero-order valence-electron chi connectivity index (χ0n) is 11.1. The topological polar surface area (TPSA) is 50.7 Å². The quantitative estimate of drug-likeness (QED) is 0.796. The van der Waals surface area contributed by atoms with Crippen LogP contribution < -0.4 is 5.32 Å². The van der Waals surface area contributed by atoms with Crippen molar-refractivity contribution in [1.29, 1.82) is 0 Å². The van der Waals surface area contributed by atoms with Gasteiger partial charge in [-0.3, -0.25) is 0 Å². The lowest BCUT2D eigenvalue weighted by molar-refractivity contribution is -0.140. The zero-order valence-corrected chi connectivity index (χ0v) is 11.1. The number of rotatable bonds is 3. The molecule has 0 amide bonds.